The summed E-state index contributed by atoms with van der Waals surface area (Å²) >= 11 is 8.35. The summed E-state index contributed by atoms with van der Waals surface area (Å²) in [4.78, 5) is 13.3. The van der Waals surface area contributed by atoms with Gasteiger partial charge in [-0.1, -0.05) is 0 Å². The number of rotatable bonds is 3. The first kappa shape index (κ1) is 12.3. The number of hydrogen-bond acceptors (Lipinski definition) is 3. The van der Waals surface area contributed by atoms with Crippen LogP contribution in [0.15, 0.2) is 10.8 Å². The van der Waals surface area contributed by atoms with Crippen molar-refractivity contribution in [3.63, 3.8) is 0 Å². The summed E-state index contributed by atoms with van der Waals surface area (Å²) in [7, 11) is 0. The predicted molar refractivity (Wildman–Crippen MR) is 53.1 cm³/mol. The van der Waals surface area contributed by atoms with E-state index in [4.69, 9.17) is 11.6 Å². The number of nitrogens with zero attached hydrogens (tertiary/aromatic N) is 2. The molecule has 0 N–H and O–H groups in total. The van der Waals surface area contributed by atoms with Gasteiger partial charge in [0.05, 0.1) is 16.4 Å². The van der Waals surface area contributed by atoms with Crippen molar-refractivity contribution in [1.29, 1.82) is 0 Å². The molecule has 0 aliphatic rings. The van der Waals surface area contributed by atoms with Gasteiger partial charge in [0.1, 0.15) is 10.2 Å². The highest BCUT2D eigenvalue weighted by Gasteiger charge is 2.27. The van der Waals surface area contributed by atoms with Crippen LogP contribution in [0.3, 0.4) is 0 Å². The van der Waals surface area contributed by atoms with Gasteiger partial charge in [-0.25, -0.2) is 13.8 Å². The average Bonchev–Trinajstić information content (AvgIpc) is 2.16. The molecule has 0 aromatic carbocycles. The van der Waals surface area contributed by atoms with Crippen molar-refractivity contribution in [1.82, 2.24) is 4.98 Å². The molecule has 0 aliphatic heterocycles. The number of pyridine rings is 1. The van der Waals surface area contributed by atoms with Crippen LogP contribution in [0.5, 0.6) is 0 Å². The number of halogens is 4. The minimum atomic E-state index is -2.95. The summed E-state index contributed by atoms with van der Waals surface area (Å²) in [5.41, 5.74) is -1.44. The number of nitro groups is 1. The zero-order chi connectivity index (χ0) is 11.6. The van der Waals surface area contributed by atoms with Crippen LogP contribution < -0.4 is 0 Å². The number of hydrogen-bond donors (Lipinski definition) is 0. The lowest BCUT2D eigenvalue weighted by atomic mass is 10.1. The highest BCUT2D eigenvalue weighted by atomic mass is 79.9. The molecule has 1 heterocycles. The van der Waals surface area contributed by atoms with Gasteiger partial charge in [-0.3, -0.25) is 10.1 Å². The quantitative estimate of drug-likeness (QED) is 0.372. The van der Waals surface area contributed by atoms with Crippen LogP contribution in [0.1, 0.15) is 17.6 Å². The van der Waals surface area contributed by atoms with Crippen molar-refractivity contribution in [3.8, 4) is 0 Å². The number of alkyl halides is 3. The molecule has 0 aliphatic carbocycles. The van der Waals surface area contributed by atoms with Crippen LogP contribution in [0.4, 0.5) is 14.5 Å². The first-order chi connectivity index (χ1) is 6.99. The van der Waals surface area contributed by atoms with E-state index in [9.17, 15) is 18.9 Å². The first-order valence-electron chi connectivity index (χ1n) is 3.64. The van der Waals surface area contributed by atoms with E-state index in [1.807, 2.05) is 0 Å². The summed E-state index contributed by atoms with van der Waals surface area (Å²) in [5.74, 6) is -0.259. The van der Waals surface area contributed by atoms with Crippen LogP contribution in [0.25, 0.3) is 0 Å². The molecule has 0 bridgehead atoms. The topological polar surface area (TPSA) is 56.0 Å². The fourth-order valence-electron chi connectivity index (χ4n) is 1.03. The molecule has 0 saturated carbocycles. The zero-order valence-electron chi connectivity index (χ0n) is 7.08. The molecular formula is C7H4BrClF2N2O2. The molecule has 0 unspecified atom stereocenters. The summed E-state index contributed by atoms with van der Waals surface area (Å²) in [5, 5.41) is 10.6. The highest BCUT2D eigenvalue weighted by Crippen LogP contribution is 2.35. The van der Waals surface area contributed by atoms with E-state index in [0.717, 1.165) is 6.20 Å². The second-order valence-electron chi connectivity index (χ2n) is 2.52. The van der Waals surface area contributed by atoms with Crippen LogP contribution in [0, 0.1) is 10.1 Å². The lowest BCUT2D eigenvalue weighted by molar-refractivity contribution is -0.387. The molecule has 0 fully saturated rings. The van der Waals surface area contributed by atoms with Crippen LogP contribution in [-0.4, -0.2) is 9.91 Å². The molecule has 15 heavy (non-hydrogen) atoms. The Hall–Kier alpha value is -0.820. The monoisotopic (exact) mass is 300 g/mol. The summed E-state index contributed by atoms with van der Waals surface area (Å²) < 4.78 is 25.0. The fraction of sp³-hybridized carbons (Fsp3) is 0.286. The second-order valence-corrected chi connectivity index (χ2v) is 3.54. The van der Waals surface area contributed by atoms with Crippen molar-refractivity contribution < 1.29 is 13.7 Å². The van der Waals surface area contributed by atoms with Gasteiger partial charge in [-0.05, 0) is 15.9 Å². The Morgan fingerprint density at radius 2 is 2.27 bits per heavy atom. The van der Waals surface area contributed by atoms with Gasteiger partial charge < -0.3 is 0 Å². The van der Waals surface area contributed by atoms with Crippen LogP contribution in [-0.2, 0) is 5.88 Å². The Morgan fingerprint density at radius 1 is 1.67 bits per heavy atom. The molecule has 0 atom stereocenters. The van der Waals surface area contributed by atoms with Crippen molar-refractivity contribution in [3.05, 3.63) is 32.0 Å². The largest absolute Gasteiger partial charge is 0.286 e. The van der Waals surface area contributed by atoms with Gasteiger partial charge >= 0.3 is 0 Å². The Kier molecular flexibility index (Phi) is 3.92. The lowest BCUT2D eigenvalue weighted by Crippen LogP contribution is -2.02. The molecule has 8 heteroatoms. The van der Waals surface area contributed by atoms with Gasteiger partial charge in [0, 0.05) is 6.20 Å². The normalized spacial score (nSPS) is 10.7. The van der Waals surface area contributed by atoms with Gasteiger partial charge in [-0.2, -0.15) is 0 Å². The van der Waals surface area contributed by atoms with E-state index in [1.54, 1.807) is 0 Å². The van der Waals surface area contributed by atoms with E-state index >= 15 is 0 Å². The predicted octanol–water partition coefficient (Wildman–Crippen LogP) is 3.43. The smallest absolute Gasteiger partial charge is 0.258 e. The fourth-order valence-corrected chi connectivity index (χ4v) is 1.88. The maximum atomic E-state index is 12.4. The summed E-state index contributed by atoms with van der Waals surface area (Å²) in [6.45, 7) is 0. The molecule has 1 aromatic rings. The van der Waals surface area contributed by atoms with E-state index in [1.165, 1.54) is 0 Å². The SMILES string of the molecule is O=[N+]([O-])c1c(C(F)F)cnc(Br)c1CCl. The van der Waals surface area contributed by atoms with Crippen molar-refractivity contribution in [2.75, 3.05) is 0 Å². The van der Waals surface area contributed by atoms with E-state index < -0.39 is 22.6 Å². The Labute approximate surface area is 96.5 Å². The van der Waals surface area contributed by atoms with E-state index in [0.29, 0.717) is 0 Å². The minimum absolute atomic E-state index is 0.0422. The minimum Gasteiger partial charge on any atom is -0.258 e. The average molecular weight is 301 g/mol. The molecule has 0 radical (unpaired) electrons. The number of aromatic nitrogens is 1. The summed E-state index contributed by atoms with van der Waals surface area (Å²) in [6, 6.07) is 0. The van der Waals surface area contributed by atoms with Gasteiger partial charge in [-0.15, -0.1) is 11.6 Å². The Morgan fingerprint density at radius 3 is 2.67 bits per heavy atom. The van der Waals surface area contributed by atoms with Gasteiger partial charge in [0.15, 0.2) is 0 Å². The van der Waals surface area contributed by atoms with E-state index in [2.05, 4.69) is 20.9 Å². The molecule has 4 nitrogen and oxygen atoms in total. The molecule has 0 amide bonds. The molecule has 0 spiro atoms. The standard InChI is InChI=1S/C7H4BrClF2N2O2/c8-6-3(1-9)5(13(14)15)4(2-12-6)7(10)11/h2,7H,1H2. The van der Waals surface area contributed by atoms with Crippen molar-refractivity contribution in [2.45, 2.75) is 12.3 Å². The molecule has 82 valence electrons. The molecular weight excluding hydrogens is 297 g/mol. The van der Waals surface area contributed by atoms with Crippen LogP contribution >= 0.6 is 27.5 Å². The highest BCUT2D eigenvalue weighted by molar-refractivity contribution is 9.10. The Bertz CT molecular complexity index is 403. The zero-order valence-corrected chi connectivity index (χ0v) is 9.43. The van der Waals surface area contributed by atoms with E-state index in [-0.39, 0.29) is 16.0 Å². The molecule has 1 aromatic heterocycles. The third kappa shape index (κ3) is 2.40. The van der Waals surface area contributed by atoms with Crippen molar-refractivity contribution in [2.24, 2.45) is 0 Å². The van der Waals surface area contributed by atoms with Gasteiger partial charge in [0.25, 0.3) is 12.1 Å². The van der Waals surface area contributed by atoms with Gasteiger partial charge in [0.2, 0.25) is 0 Å². The maximum Gasteiger partial charge on any atom is 0.286 e. The Balaban J connectivity index is 3.49. The summed E-state index contributed by atoms with van der Waals surface area (Å²) in [6.07, 6.45) is -2.18. The molecule has 1 rings (SSSR count). The third-order valence-electron chi connectivity index (χ3n) is 1.68. The maximum absolute atomic E-state index is 12.4. The third-order valence-corrected chi connectivity index (χ3v) is 2.63. The first-order valence-corrected chi connectivity index (χ1v) is 4.97. The van der Waals surface area contributed by atoms with Crippen molar-refractivity contribution >= 4 is 33.2 Å². The van der Waals surface area contributed by atoms with Crippen LogP contribution in [0.2, 0.25) is 0 Å². The lowest BCUT2D eigenvalue weighted by Gasteiger charge is -2.06. The molecule has 0 saturated heterocycles. The second kappa shape index (κ2) is 4.80.